The second kappa shape index (κ2) is 3.06. The van der Waals surface area contributed by atoms with Gasteiger partial charge in [-0.25, -0.2) is 0 Å². The van der Waals surface area contributed by atoms with E-state index >= 15 is 0 Å². The van der Waals surface area contributed by atoms with Crippen LogP contribution in [-0.2, 0) is 0 Å². The normalized spacial score (nSPS) is 9.90. The first-order valence-corrected chi connectivity index (χ1v) is 4.31. The van der Waals surface area contributed by atoms with E-state index in [0.717, 1.165) is 12.4 Å². The fourth-order valence-corrected chi connectivity index (χ4v) is 1.60. The third-order valence-corrected chi connectivity index (χ3v) is 2.53. The van der Waals surface area contributed by atoms with E-state index in [-0.39, 0.29) is 0 Å². The molecule has 0 spiro atoms. The van der Waals surface area contributed by atoms with Crippen LogP contribution in [0.1, 0.15) is 17.4 Å². The van der Waals surface area contributed by atoms with Gasteiger partial charge in [0.1, 0.15) is 5.75 Å². The van der Waals surface area contributed by atoms with Crippen molar-refractivity contribution in [3.63, 3.8) is 0 Å². The van der Waals surface area contributed by atoms with E-state index in [4.69, 9.17) is 4.74 Å². The summed E-state index contributed by atoms with van der Waals surface area (Å²) < 4.78 is 5.37. The molecule has 0 amide bonds. The number of aryl methyl sites for hydroxylation is 1. The lowest BCUT2D eigenvalue weighted by molar-refractivity contribution is 0.339. The van der Waals surface area contributed by atoms with Crippen LogP contribution in [0.3, 0.4) is 0 Å². The third-order valence-electron chi connectivity index (χ3n) is 1.54. The summed E-state index contributed by atoms with van der Waals surface area (Å²) in [7, 11) is 0. The van der Waals surface area contributed by atoms with Crippen molar-refractivity contribution in [2.75, 3.05) is 6.61 Å². The molecule has 0 aliphatic carbocycles. The fraction of sp³-hybridized carbons (Fsp3) is 0.500. The van der Waals surface area contributed by atoms with Crippen LogP contribution in [0.25, 0.3) is 0 Å². The van der Waals surface area contributed by atoms with Crippen LogP contribution in [0.4, 0.5) is 0 Å². The maximum atomic E-state index is 5.37. The molecular weight excluding hydrogens is 144 g/mol. The molecule has 0 atom stereocenters. The lowest BCUT2D eigenvalue weighted by Crippen LogP contribution is -1.90. The molecule has 0 fully saturated rings. The topological polar surface area (TPSA) is 9.23 Å². The molecule has 0 radical (unpaired) electrons. The Morgan fingerprint density at radius 1 is 1.50 bits per heavy atom. The lowest BCUT2D eigenvalue weighted by atomic mass is 10.3. The Kier molecular flexibility index (Phi) is 2.33. The second-order valence-electron chi connectivity index (χ2n) is 2.21. The molecule has 0 aliphatic rings. The molecule has 56 valence electrons. The highest BCUT2D eigenvalue weighted by atomic mass is 32.1. The van der Waals surface area contributed by atoms with Gasteiger partial charge in [-0.15, -0.1) is 11.3 Å². The first kappa shape index (κ1) is 7.61. The molecular formula is C8H12OS. The van der Waals surface area contributed by atoms with Crippen LogP contribution in [0.15, 0.2) is 5.38 Å². The molecule has 10 heavy (non-hydrogen) atoms. The summed E-state index contributed by atoms with van der Waals surface area (Å²) in [6, 6.07) is 0. The van der Waals surface area contributed by atoms with Gasteiger partial charge in [-0.1, -0.05) is 0 Å². The first-order chi connectivity index (χ1) is 4.75. The maximum Gasteiger partial charge on any atom is 0.133 e. The van der Waals surface area contributed by atoms with Gasteiger partial charge < -0.3 is 4.74 Å². The molecule has 0 aliphatic heterocycles. The van der Waals surface area contributed by atoms with E-state index in [1.165, 1.54) is 10.4 Å². The molecule has 1 heterocycles. The molecule has 0 bridgehead atoms. The van der Waals surface area contributed by atoms with Crippen LogP contribution in [0, 0.1) is 13.8 Å². The number of ether oxygens (including phenoxy) is 1. The lowest BCUT2D eigenvalue weighted by Gasteiger charge is -1.99. The molecule has 2 heteroatoms. The quantitative estimate of drug-likeness (QED) is 0.639. The van der Waals surface area contributed by atoms with E-state index in [1.807, 2.05) is 6.92 Å². The fourth-order valence-electron chi connectivity index (χ4n) is 0.790. The molecule has 1 nitrogen and oxygen atoms in total. The average molecular weight is 156 g/mol. The Balaban J connectivity index is 2.83. The van der Waals surface area contributed by atoms with Crippen molar-refractivity contribution in [2.45, 2.75) is 20.8 Å². The third kappa shape index (κ3) is 1.32. The van der Waals surface area contributed by atoms with Crippen molar-refractivity contribution < 1.29 is 4.74 Å². The summed E-state index contributed by atoms with van der Waals surface area (Å²) in [5.74, 6) is 1.05. The highest BCUT2D eigenvalue weighted by Crippen LogP contribution is 2.27. The summed E-state index contributed by atoms with van der Waals surface area (Å²) in [6.45, 7) is 6.98. The van der Waals surface area contributed by atoms with Gasteiger partial charge in [0, 0.05) is 15.8 Å². The van der Waals surface area contributed by atoms with Crippen molar-refractivity contribution in [1.29, 1.82) is 0 Å². The van der Waals surface area contributed by atoms with Crippen LogP contribution >= 0.6 is 11.3 Å². The van der Waals surface area contributed by atoms with Crippen LogP contribution in [0.5, 0.6) is 5.75 Å². The number of rotatable bonds is 2. The van der Waals surface area contributed by atoms with Gasteiger partial charge in [0.25, 0.3) is 0 Å². The molecule has 1 aromatic rings. The molecule has 0 N–H and O–H groups in total. The Morgan fingerprint density at radius 3 is 2.60 bits per heavy atom. The Morgan fingerprint density at radius 2 is 2.20 bits per heavy atom. The number of hydrogen-bond acceptors (Lipinski definition) is 2. The summed E-state index contributed by atoms with van der Waals surface area (Å²) in [6.07, 6.45) is 0. The van der Waals surface area contributed by atoms with Crippen molar-refractivity contribution in [1.82, 2.24) is 0 Å². The predicted octanol–water partition coefficient (Wildman–Crippen LogP) is 2.76. The first-order valence-electron chi connectivity index (χ1n) is 3.43. The van der Waals surface area contributed by atoms with Crippen LogP contribution in [0.2, 0.25) is 0 Å². The van der Waals surface area contributed by atoms with Gasteiger partial charge in [-0.2, -0.15) is 0 Å². The van der Waals surface area contributed by atoms with E-state index in [0.29, 0.717) is 0 Å². The smallest absolute Gasteiger partial charge is 0.133 e. The SMILES string of the molecule is CCOc1csc(C)c1C. The molecule has 0 saturated heterocycles. The van der Waals surface area contributed by atoms with E-state index in [9.17, 15) is 0 Å². The van der Waals surface area contributed by atoms with Gasteiger partial charge >= 0.3 is 0 Å². The molecule has 1 rings (SSSR count). The zero-order valence-corrected chi connectivity index (χ0v) is 7.42. The Labute approximate surface area is 65.6 Å². The van der Waals surface area contributed by atoms with Crippen molar-refractivity contribution >= 4 is 11.3 Å². The van der Waals surface area contributed by atoms with Gasteiger partial charge in [0.15, 0.2) is 0 Å². The molecule has 1 aromatic heterocycles. The zero-order valence-electron chi connectivity index (χ0n) is 6.60. The van der Waals surface area contributed by atoms with Crippen LogP contribution in [-0.4, -0.2) is 6.61 Å². The van der Waals surface area contributed by atoms with Gasteiger partial charge in [0.05, 0.1) is 6.61 Å². The van der Waals surface area contributed by atoms with Crippen molar-refractivity contribution in [3.8, 4) is 5.75 Å². The predicted molar refractivity (Wildman–Crippen MR) is 45.0 cm³/mol. The molecule has 0 saturated carbocycles. The zero-order chi connectivity index (χ0) is 7.56. The maximum absolute atomic E-state index is 5.37. The second-order valence-corrected chi connectivity index (χ2v) is 3.30. The number of thiophene rings is 1. The number of hydrogen-bond donors (Lipinski definition) is 0. The van der Waals surface area contributed by atoms with Gasteiger partial charge in [-0.3, -0.25) is 0 Å². The largest absolute Gasteiger partial charge is 0.493 e. The molecule has 0 aromatic carbocycles. The van der Waals surface area contributed by atoms with E-state index < -0.39 is 0 Å². The van der Waals surface area contributed by atoms with Gasteiger partial charge in [-0.05, 0) is 20.8 Å². The summed E-state index contributed by atoms with van der Waals surface area (Å²) in [5.41, 5.74) is 1.28. The minimum absolute atomic E-state index is 0.761. The minimum Gasteiger partial charge on any atom is -0.493 e. The standard InChI is InChI=1S/C8H12OS/c1-4-9-8-5-10-7(3)6(8)2/h5H,4H2,1-3H3. The van der Waals surface area contributed by atoms with E-state index in [2.05, 4.69) is 19.2 Å². The summed E-state index contributed by atoms with van der Waals surface area (Å²) in [4.78, 5) is 1.35. The average Bonchev–Trinajstić information content (AvgIpc) is 2.20. The van der Waals surface area contributed by atoms with Gasteiger partial charge in [0.2, 0.25) is 0 Å². The highest BCUT2D eigenvalue weighted by Gasteiger charge is 2.02. The summed E-state index contributed by atoms with van der Waals surface area (Å²) in [5, 5.41) is 2.06. The van der Waals surface area contributed by atoms with Crippen molar-refractivity contribution in [3.05, 3.63) is 15.8 Å². The Bertz CT molecular complexity index is 215. The van der Waals surface area contributed by atoms with E-state index in [1.54, 1.807) is 11.3 Å². The monoisotopic (exact) mass is 156 g/mol. The molecule has 0 unspecified atom stereocenters. The minimum atomic E-state index is 0.761. The Hall–Kier alpha value is -0.500. The van der Waals surface area contributed by atoms with Crippen LogP contribution < -0.4 is 4.74 Å². The summed E-state index contributed by atoms with van der Waals surface area (Å²) >= 11 is 1.75. The highest BCUT2D eigenvalue weighted by molar-refractivity contribution is 7.10. The van der Waals surface area contributed by atoms with Crippen molar-refractivity contribution in [2.24, 2.45) is 0 Å².